The second-order valence-corrected chi connectivity index (χ2v) is 7.51. The maximum Gasteiger partial charge on any atom is 0.270 e. The number of ether oxygens (including phenoxy) is 1. The number of carbonyl (C=O) groups is 1. The topological polar surface area (TPSA) is 82.1 Å². The summed E-state index contributed by atoms with van der Waals surface area (Å²) < 4.78 is 5.58. The summed E-state index contributed by atoms with van der Waals surface area (Å²) in [5.74, 6) is 0.826. The molecule has 25 heavy (non-hydrogen) atoms. The molecule has 0 bridgehead atoms. The molecule has 134 valence electrons. The van der Waals surface area contributed by atoms with Gasteiger partial charge in [-0.1, -0.05) is 11.8 Å². The number of hydrogen-bond donors (Lipinski definition) is 2. The van der Waals surface area contributed by atoms with Crippen molar-refractivity contribution < 1.29 is 9.53 Å². The molecule has 1 aromatic heterocycles. The highest BCUT2D eigenvalue weighted by Gasteiger charge is 2.22. The van der Waals surface area contributed by atoms with E-state index in [-0.39, 0.29) is 12.0 Å². The monoisotopic (exact) mass is 361 g/mol. The van der Waals surface area contributed by atoms with Gasteiger partial charge in [-0.3, -0.25) is 15.2 Å². The first-order valence-corrected chi connectivity index (χ1v) is 9.87. The minimum Gasteiger partial charge on any atom is -0.376 e. The van der Waals surface area contributed by atoms with Crippen LogP contribution in [-0.4, -0.2) is 64.8 Å². The van der Waals surface area contributed by atoms with Crippen LogP contribution in [0.1, 0.15) is 41.7 Å². The largest absolute Gasteiger partial charge is 0.376 e. The predicted octanol–water partition coefficient (Wildman–Crippen LogP) is 1.83. The van der Waals surface area contributed by atoms with Crippen LogP contribution in [0.2, 0.25) is 0 Å². The van der Waals surface area contributed by atoms with E-state index in [2.05, 4.69) is 20.5 Å². The van der Waals surface area contributed by atoms with Crippen LogP contribution < -0.4 is 5.43 Å². The van der Waals surface area contributed by atoms with Gasteiger partial charge in [-0.05, 0) is 31.7 Å². The Bertz CT molecular complexity index is 687. The second-order valence-electron chi connectivity index (χ2n) is 6.54. The fraction of sp³-hybridized carbons (Fsp3) is 0.588. The summed E-state index contributed by atoms with van der Waals surface area (Å²) in [6, 6.07) is 1.90. The van der Waals surface area contributed by atoms with Gasteiger partial charge in [0.1, 0.15) is 5.69 Å². The van der Waals surface area contributed by atoms with Gasteiger partial charge in [0.05, 0.1) is 18.4 Å². The van der Waals surface area contributed by atoms with Crippen LogP contribution in [0.15, 0.2) is 22.4 Å². The van der Waals surface area contributed by atoms with Gasteiger partial charge < -0.3 is 14.6 Å². The van der Waals surface area contributed by atoms with Crippen molar-refractivity contribution in [2.24, 2.45) is 10.1 Å². The summed E-state index contributed by atoms with van der Waals surface area (Å²) >= 11 is 1.64. The number of amides is 1. The molecule has 4 heterocycles. The lowest BCUT2D eigenvalue weighted by molar-refractivity contribution is 0.0787. The quantitative estimate of drug-likeness (QED) is 0.857. The zero-order valence-electron chi connectivity index (χ0n) is 14.2. The van der Waals surface area contributed by atoms with Crippen LogP contribution in [0.4, 0.5) is 0 Å². The molecule has 0 saturated carbocycles. The number of aromatic amines is 1. The third kappa shape index (κ3) is 3.90. The summed E-state index contributed by atoms with van der Waals surface area (Å²) in [7, 11) is 0. The highest BCUT2D eigenvalue weighted by molar-refractivity contribution is 8.14. The SMILES string of the molecule is O=C(c1cc(C2=NNC(=NC[C@H]3CCCO3)SC2)c[nH]1)N1CCCC1. The number of nitrogens with zero attached hydrogens (tertiary/aromatic N) is 3. The van der Waals surface area contributed by atoms with Gasteiger partial charge in [-0.2, -0.15) is 5.10 Å². The molecular formula is C17H23N5O2S. The highest BCUT2D eigenvalue weighted by atomic mass is 32.2. The van der Waals surface area contributed by atoms with Crippen LogP contribution in [0, 0.1) is 0 Å². The number of hydrogen-bond acceptors (Lipinski definition) is 5. The number of nitrogens with one attached hydrogen (secondary N) is 2. The zero-order chi connectivity index (χ0) is 17.1. The van der Waals surface area contributed by atoms with E-state index in [4.69, 9.17) is 4.74 Å². The Hall–Kier alpha value is -1.80. The van der Waals surface area contributed by atoms with Crippen LogP contribution in [-0.2, 0) is 4.74 Å². The van der Waals surface area contributed by atoms with Gasteiger partial charge in [0.2, 0.25) is 0 Å². The number of aromatic nitrogens is 1. The van der Waals surface area contributed by atoms with Crippen LogP contribution >= 0.6 is 11.8 Å². The van der Waals surface area contributed by atoms with E-state index < -0.39 is 0 Å². The molecule has 7 nitrogen and oxygen atoms in total. The van der Waals surface area contributed by atoms with Gasteiger partial charge in [0, 0.05) is 37.2 Å². The smallest absolute Gasteiger partial charge is 0.270 e. The summed E-state index contributed by atoms with van der Waals surface area (Å²) in [6.45, 7) is 3.26. The first kappa shape index (κ1) is 16.7. The molecule has 8 heteroatoms. The number of likely N-dealkylation sites (tertiary alicyclic amines) is 1. The minimum absolute atomic E-state index is 0.0830. The van der Waals surface area contributed by atoms with Crippen molar-refractivity contribution in [3.05, 3.63) is 23.5 Å². The minimum atomic E-state index is 0.0830. The Morgan fingerprint density at radius 2 is 2.28 bits per heavy atom. The highest BCUT2D eigenvalue weighted by Crippen LogP contribution is 2.18. The van der Waals surface area contributed by atoms with Crippen molar-refractivity contribution in [3.63, 3.8) is 0 Å². The Labute approximate surface area is 151 Å². The predicted molar refractivity (Wildman–Crippen MR) is 99.3 cm³/mol. The average Bonchev–Trinajstić information content (AvgIpc) is 3.42. The lowest BCUT2D eigenvalue weighted by atomic mass is 10.2. The Morgan fingerprint density at radius 1 is 1.40 bits per heavy atom. The molecule has 2 fully saturated rings. The second kappa shape index (κ2) is 7.61. The van der Waals surface area contributed by atoms with E-state index in [0.29, 0.717) is 12.2 Å². The van der Waals surface area contributed by atoms with E-state index >= 15 is 0 Å². The summed E-state index contributed by atoms with van der Waals surface area (Å²) in [5, 5.41) is 5.26. The fourth-order valence-electron chi connectivity index (χ4n) is 3.29. The van der Waals surface area contributed by atoms with Crippen molar-refractivity contribution in [2.75, 3.05) is 32.0 Å². The Kier molecular flexibility index (Phi) is 5.07. The number of aliphatic imine (C=N–C) groups is 1. The molecule has 2 saturated heterocycles. The molecule has 3 aliphatic heterocycles. The van der Waals surface area contributed by atoms with Crippen molar-refractivity contribution >= 4 is 28.5 Å². The molecule has 0 spiro atoms. The van der Waals surface area contributed by atoms with Crippen molar-refractivity contribution in [3.8, 4) is 0 Å². The van der Waals surface area contributed by atoms with E-state index in [1.54, 1.807) is 11.8 Å². The number of amidine groups is 1. The fourth-order valence-corrected chi connectivity index (χ4v) is 4.07. The average molecular weight is 361 g/mol. The normalized spacial score (nSPS) is 25.3. The molecule has 1 atom stereocenters. The van der Waals surface area contributed by atoms with E-state index in [1.165, 1.54) is 0 Å². The molecule has 1 aromatic rings. The molecule has 0 aromatic carbocycles. The third-order valence-electron chi connectivity index (χ3n) is 4.73. The van der Waals surface area contributed by atoms with Crippen LogP contribution in [0.5, 0.6) is 0 Å². The molecule has 2 N–H and O–H groups in total. The first-order valence-electron chi connectivity index (χ1n) is 8.89. The number of hydrazone groups is 1. The van der Waals surface area contributed by atoms with Crippen LogP contribution in [0.25, 0.3) is 0 Å². The standard InChI is InChI=1S/C17H23N5O2S/c23-16(22-5-1-2-6-22)14-8-12(9-18-14)15-11-25-17(21-20-15)19-10-13-4-3-7-24-13/h8-9,13,18H,1-7,10-11H2,(H,19,21)/t13-/m1/s1. The van der Waals surface area contributed by atoms with Gasteiger partial charge in [-0.25, -0.2) is 0 Å². The molecule has 4 rings (SSSR count). The first-order chi connectivity index (χ1) is 12.3. The maximum atomic E-state index is 12.4. The van der Waals surface area contributed by atoms with Crippen LogP contribution in [0.3, 0.4) is 0 Å². The lowest BCUT2D eigenvalue weighted by Gasteiger charge is -2.15. The zero-order valence-corrected chi connectivity index (χ0v) is 15.0. The number of thioether (sulfide) groups is 1. The van der Waals surface area contributed by atoms with E-state index in [1.807, 2.05) is 17.2 Å². The number of carbonyl (C=O) groups excluding carboxylic acids is 1. The van der Waals surface area contributed by atoms with Gasteiger partial charge >= 0.3 is 0 Å². The number of rotatable bonds is 4. The molecule has 3 aliphatic rings. The van der Waals surface area contributed by atoms with Crippen molar-refractivity contribution in [1.82, 2.24) is 15.3 Å². The molecule has 0 radical (unpaired) electrons. The third-order valence-corrected chi connectivity index (χ3v) is 5.65. The lowest BCUT2D eigenvalue weighted by Crippen LogP contribution is -2.28. The van der Waals surface area contributed by atoms with Crippen molar-refractivity contribution in [1.29, 1.82) is 0 Å². The number of H-pyrrole nitrogens is 1. The molecule has 1 amide bonds. The molecule has 0 unspecified atom stereocenters. The summed E-state index contributed by atoms with van der Waals surface area (Å²) in [4.78, 5) is 22.0. The summed E-state index contributed by atoms with van der Waals surface area (Å²) in [6.07, 6.45) is 6.53. The molecular weight excluding hydrogens is 338 g/mol. The van der Waals surface area contributed by atoms with Gasteiger partial charge in [0.15, 0.2) is 5.17 Å². The van der Waals surface area contributed by atoms with E-state index in [9.17, 15) is 4.79 Å². The van der Waals surface area contributed by atoms with Gasteiger partial charge in [0.25, 0.3) is 5.91 Å². The van der Waals surface area contributed by atoms with E-state index in [0.717, 1.165) is 67.6 Å². The van der Waals surface area contributed by atoms with Gasteiger partial charge in [-0.15, -0.1) is 0 Å². The Balaban J connectivity index is 1.36. The Morgan fingerprint density at radius 3 is 3.00 bits per heavy atom. The van der Waals surface area contributed by atoms with Crippen molar-refractivity contribution in [2.45, 2.75) is 31.8 Å². The summed E-state index contributed by atoms with van der Waals surface area (Å²) in [5.41, 5.74) is 5.55. The molecule has 0 aliphatic carbocycles. The maximum absolute atomic E-state index is 12.4.